The van der Waals surface area contributed by atoms with E-state index in [1.165, 1.54) is 0 Å². The largest absolute Gasteiger partial charge is 0.388 e. The molecule has 0 bridgehead atoms. The zero-order valence-electron chi connectivity index (χ0n) is 9.31. The molecule has 90 valence electrons. The number of fused-ring (bicyclic) bond motifs is 1. The summed E-state index contributed by atoms with van der Waals surface area (Å²) in [4.78, 5) is 17.3. The molecule has 0 radical (unpaired) electrons. The van der Waals surface area contributed by atoms with Gasteiger partial charge in [-0.1, -0.05) is 0 Å². The standard InChI is InChI=1S/C10H12ClN5O/c1-10(17)2-3-16(4-10)8-6-7(13-5-12-6)14-9(11)15-8/h5,17H,2-4H2,1H3,(H,12,13,14,15). The van der Waals surface area contributed by atoms with Crippen molar-refractivity contribution >= 4 is 28.6 Å². The van der Waals surface area contributed by atoms with Crippen LogP contribution in [0.5, 0.6) is 0 Å². The highest BCUT2D eigenvalue weighted by molar-refractivity contribution is 6.28. The average Bonchev–Trinajstić information content (AvgIpc) is 2.82. The minimum Gasteiger partial charge on any atom is -0.388 e. The quantitative estimate of drug-likeness (QED) is 0.741. The molecule has 1 aliphatic heterocycles. The molecule has 3 heterocycles. The lowest BCUT2D eigenvalue weighted by atomic mass is 10.1. The normalized spacial score (nSPS) is 24.8. The van der Waals surface area contributed by atoms with Crippen LogP contribution in [0.1, 0.15) is 13.3 Å². The first-order chi connectivity index (χ1) is 8.05. The van der Waals surface area contributed by atoms with Gasteiger partial charge in [-0.15, -0.1) is 0 Å². The summed E-state index contributed by atoms with van der Waals surface area (Å²) < 4.78 is 0. The highest BCUT2D eigenvalue weighted by atomic mass is 35.5. The number of rotatable bonds is 1. The molecule has 17 heavy (non-hydrogen) atoms. The van der Waals surface area contributed by atoms with E-state index in [0.717, 1.165) is 12.1 Å². The molecule has 3 rings (SSSR count). The smallest absolute Gasteiger partial charge is 0.226 e. The average molecular weight is 254 g/mol. The summed E-state index contributed by atoms with van der Waals surface area (Å²) >= 11 is 5.86. The first kappa shape index (κ1) is 10.7. The Hall–Kier alpha value is -1.40. The van der Waals surface area contributed by atoms with Crippen LogP contribution >= 0.6 is 11.6 Å². The zero-order valence-corrected chi connectivity index (χ0v) is 10.1. The fraction of sp³-hybridized carbons (Fsp3) is 0.500. The SMILES string of the molecule is CC1(O)CCN(c2nc(Cl)nc3nc[nH]c23)C1. The van der Waals surface area contributed by atoms with Gasteiger partial charge in [-0.25, -0.2) is 4.98 Å². The van der Waals surface area contributed by atoms with Gasteiger partial charge < -0.3 is 15.0 Å². The molecule has 7 heteroatoms. The fourth-order valence-electron chi connectivity index (χ4n) is 2.15. The molecule has 0 amide bonds. The predicted molar refractivity (Wildman–Crippen MR) is 64.1 cm³/mol. The van der Waals surface area contributed by atoms with E-state index in [1.54, 1.807) is 6.33 Å². The second kappa shape index (κ2) is 3.54. The van der Waals surface area contributed by atoms with E-state index in [0.29, 0.717) is 24.4 Å². The summed E-state index contributed by atoms with van der Waals surface area (Å²) in [6.07, 6.45) is 2.28. The van der Waals surface area contributed by atoms with Crippen LogP contribution in [-0.2, 0) is 0 Å². The molecule has 1 atom stereocenters. The predicted octanol–water partition coefficient (Wildman–Crippen LogP) is 0.967. The van der Waals surface area contributed by atoms with Crippen molar-refractivity contribution in [1.82, 2.24) is 19.9 Å². The van der Waals surface area contributed by atoms with Gasteiger partial charge in [0.15, 0.2) is 11.5 Å². The van der Waals surface area contributed by atoms with Crippen molar-refractivity contribution in [2.24, 2.45) is 0 Å². The van der Waals surface area contributed by atoms with Gasteiger partial charge in [0.25, 0.3) is 0 Å². The van der Waals surface area contributed by atoms with Crippen molar-refractivity contribution in [1.29, 1.82) is 0 Å². The second-order valence-electron chi connectivity index (χ2n) is 4.59. The van der Waals surface area contributed by atoms with E-state index in [4.69, 9.17) is 11.6 Å². The highest BCUT2D eigenvalue weighted by Crippen LogP contribution is 2.29. The molecule has 2 N–H and O–H groups in total. The number of anilines is 1. The number of β-amino-alcohol motifs (C(OH)–C–C–N with tert-alkyl or cyclic N) is 1. The Kier molecular flexibility index (Phi) is 2.24. The van der Waals surface area contributed by atoms with Crippen molar-refractivity contribution in [3.63, 3.8) is 0 Å². The summed E-state index contributed by atoms with van der Waals surface area (Å²) in [6.45, 7) is 3.10. The summed E-state index contributed by atoms with van der Waals surface area (Å²) in [5.74, 6) is 0.704. The molecule has 1 aliphatic rings. The van der Waals surface area contributed by atoms with E-state index in [2.05, 4.69) is 19.9 Å². The third-order valence-electron chi connectivity index (χ3n) is 2.99. The molecule has 1 unspecified atom stereocenters. The molecule has 6 nitrogen and oxygen atoms in total. The summed E-state index contributed by atoms with van der Waals surface area (Å²) in [6, 6.07) is 0. The minimum absolute atomic E-state index is 0.172. The van der Waals surface area contributed by atoms with Crippen LogP contribution in [0.25, 0.3) is 11.2 Å². The van der Waals surface area contributed by atoms with Crippen molar-refractivity contribution in [2.45, 2.75) is 18.9 Å². The third-order valence-corrected chi connectivity index (χ3v) is 3.16. The van der Waals surface area contributed by atoms with Gasteiger partial charge in [0.2, 0.25) is 5.28 Å². The van der Waals surface area contributed by atoms with Gasteiger partial charge in [-0.3, -0.25) is 0 Å². The number of hydrogen-bond acceptors (Lipinski definition) is 5. The van der Waals surface area contributed by atoms with Crippen LogP contribution in [0.15, 0.2) is 6.33 Å². The van der Waals surface area contributed by atoms with E-state index in [-0.39, 0.29) is 5.28 Å². The molecular formula is C10H12ClN5O. The van der Waals surface area contributed by atoms with Gasteiger partial charge in [0.1, 0.15) is 5.52 Å². The lowest BCUT2D eigenvalue weighted by Crippen LogP contribution is -2.30. The van der Waals surface area contributed by atoms with Crippen LogP contribution in [0.3, 0.4) is 0 Å². The van der Waals surface area contributed by atoms with E-state index in [9.17, 15) is 5.11 Å². The van der Waals surface area contributed by atoms with Gasteiger partial charge in [-0.2, -0.15) is 9.97 Å². The molecular weight excluding hydrogens is 242 g/mol. The topological polar surface area (TPSA) is 77.9 Å². The van der Waals surface area contributed by atoms with Crippen LogP contribution in [0.4, 0.5) is 5.82 Å². The molecule has 0 aliphatic carbocycles. The third kappa shape index (κ3) is 1.83. The molecule has 1 fully saturated rings. The Morgan fingerprint density at radius 1 is 1.53 bits per heavy atom. The number of H-pyrrole nitrogens is 1. The maximum atomic E-state index is 9.97. The van der Waals surface area contributed by atoms with E-state index in [1.807, 2.05) is 11.8 Å². The monoisotopic (exact) mass is 253 g/mol. The Morgan fingerprint density at radius 3 is 3.06 bits per heavy atom. The maximum absolute atomic E-state index is 9.97. The Balaban J connectivity index is 2.08. The highest BCUT2D eigenvalue weighted by Gasteiger charge is 2.33. The van der Waals surface area contributed by atoms with Gasteiger partial charge in [-0.05, 0) is 24.9 Å². The zero-order chi connectivity index (χ0) is 12.0. The summed E-state index contributed by atoms with van der Waals surface area (Å²) in [5.41, 5.74) is 0.627. The number of nitrogens with zero attached hydrogens (tertiary/aromatic N) is 4. The van der Waals surface area contributed by atoms with Crippen molar-refractivity contribution in [2.75, 3.05) is 18.0 Å². The number of aliphatic hydroxyl groups is 1. The van der Waals surface area contributed by atoms with Crippen LogP contribution < -0.4 is 4.90 Å². The van der Waals surface area contributed by atoms with Gasteiger partial charge >= 0.3 is 0 Å². The van der Waals surface area contributed by atoms with Gasteiger partial charge in [0.05, 0.1) is 11.9 Å². The van der Waals surface area contributed by atoms with Crippen LogP contribution in [0.2, 0.25) is 5.28 Å². The number of halogens is 1. The van der Waals surface area contributed by atoms with Crippen molar-refractivity contribution in [3.05, 3.63) is 11.6 Å². The number of aromatic amines is 1. The molecule has 2 aromatic rings. The summed E-state index contributed by atoms with van der Waals surface area (Å²) in [5, 5.41) is 10.1. The Bertz CT molecular complexity index is 567. The van der Waals surface area contributed by atoms with Crippen molar-refractivity contribution in [3.8, 4) is 0 Å². The first-order valence-electron chi connectivity index (χ1n) is 5.39. The first-order valence-corrected chi connectivity index (χ1v) is 5.77. The fourth-order valence-corrected chi connectivity index (χ4v) is 2.31. The number of hydrogen-bond donors (Lipinski definition) is 2. The summed E-state index contributed by atoms with van der Waals surface area (Å²) in [7, 11) is 0. The molecule has 0 aromatic carbocycles. The van der Waals surface area contributed by atoms with Gasteiger partial charge in [0, 0.05) is 13.1 Å². The Morgan fingerprint density at radius 2 is 2.35 bits per heavy atom. The molecule has 0 spiro atoms. The van der Waals surface area contributed by atoms with E-state index >= 15 is 0 Å². The maximum Gasteiger partial charge on any atom is 0.226 e. The van der Waals surface area contributed by atoms with Crippen LogP contribution in [-0.4, -0.2) is 43.7 Å². The minimum atomic E-state index is -0.677. The lowest BCUT2D eigenvalue weighted by Gasteiger charge is -2.20. The number of imidazole rings is 1. The lowest BCUT2D eigenvalue weighted by molar-refractivity contribution is 0.0839. The number of nitrogens with one attached hydrogen (secondary N) is 1. The molecule has 1 saturated heterocycles. The Labute approximate surface area is 103 Å². The van der Waals surface area contributed by atoms with Crippen LogP contribution in [0, 0.1) is 0 Å². The second-order valence-corrected chi connectivity index (χ2v) is 4.92. The number of aromatic nitrogens is 4. The van der Waals surface area contributed by atoms with Crippen molar-refractivity contribution < 1.29 is 5.11 Å². The molecule has 2 aromatic heterocycles. The molecule has 0 saturated carbocycles. The van der Waals surface area contributed by atoms with E-state index < -0.39 is 5.60 Å².